The molecule has 27 heavy (non-hydrogen) atoms. The first kappa shape index (κ1) is 19.9. The number of imide groups is 2. The highest BCUT2D eigenvalue weighted by atomic mass is 16.5. The van der Waals surface area contributed by atoms with Crippen molar-refractivity contribution in [3.63, 3.8) is 0 Å². The van der Waals surface area contributed by atoms with Gasteiger partial charge in [-0.15, -0.1) is 0 Å². The molecule has 150 valence electrons. The number of carbonyl (C=O) groups is 3. The molecular formula is C19H30N4O4. The lowest BCUT2D eigenvalue weighted by atomic mass is 10.0. The van der Waals surface area contributed by atoms with Crippen molar-refractivity contribution in [3.8, 4) is 0 Å². The number of carbonyl (C=O) groups excluding carboxylic acids is 3. The molecule has 1 N–H and O–H groups in total. The Labute approximate surface area is 160 Å². The zero-order valence-electron chi connectivity index (χ0n) is 15.9. The van der Waals surface area contributed by atoms with Crippen LogP contribution in [0.25, 0.3) is 0 Å². The van der Waals surface area contributed by atoms with E-state index in [9.17, 15) is 14.4 Å². The lowest BCUT2D eigenvalue weighted by molar-refractivity contribution is -0.140. The molecule has 3 rings (SSSR count). The molecule has 8 heteroatoms. The zero-order chi connectivity index (χ0) is 19.1. The van der Waals surface area contributed by atoms with E-state index in [0.29, 0.717) is 6.54 Å². The van der Waals surface area contributed by atoms with Gasteiger partial charge in [0.1, 0.15) is 0 Å². The Hall–Kier alpha value is -1.80. The Morgan fingerprint density at radius 1 is 1.07 bits per heavy atom. The van der Waals surface area contributed by atoms with Crippen molar-refractivity contribution in [3.05, 3.63) is 0 Å². The van der Waals surface area contributed by atoms with Gasteiger partial charge in [-0.25, -0.2) is 4.79 Å². The van der Waals surface area contributed by atoms with E-state index < -0.39 is 23.8 Å². The van der Waals surface area contributed by atoms with Crippen molar-refractivity contribution < 1.29 is 19.1 Å². The molecule has 3 aliphatic rings. The number of aliphatic imine (C=N–C) groups is 1. The average Bonchev–Trinajstić information content (AvgIpc) is 2.94. The highest BCUT2D eigenvalue weighted by Gasteiger charge is 2.42. The van der Waals surface area contributed by atoms with Crippen LogP contribution in [0.3, 0.4) is 0 Å². The maximum Gasteiger partial charge on any atom is 0.331 e. The van der Waals surface area contributed by atoms with Crippen LogP contribution in [0, 0.1) is 5.92 Å². The van der Waals surface area contributed by atoms with E-state index in [-0.39, 0.29) is 6.04 Å². The van der Waals surface area contributed by atoms with Gasteiger partial charge in [0.25, 0.3) is 0 Å². The number of hydrogen-bond donors (Lipinski definition) is 1. The molecule has 1 atom stereocenters. The molecule has 2 saturated heterocycles. The van der Waals surface area contributed by atoms with Crippen molar-refractivity contribution >= 4 is 24.1 Å². The van der Waals surface area contributed by atoms with Crippen LogP contribution in [-0.2, 0) is 14.3 Å². The number of nitrogens with zero attached hydrogens (tertiary/aromatic N) is 3. The van der Waals surface area contributed by atoms with Crippen molar-refractivity contribution in [1.29, 1.82) is 0 Å². The third-order valence-corrected chi connectivity index (χ3v) is 5.54. The van der Waals surface area contributed by atoms with E-state index in [0.717, 1.165) is 77.8 Å². The molecule has 2 heterocycles. The van der Waals surface area contributed by atoms with Crippen molar-refractivity contribution in [2.45, 2.75) is 51.0 Å². The molecule has 0 aromatic rings. The summed E-state index contributed by atoms with van der Waals surface area (Å²) in [6.45, 7) is 4.90. The second-order valence-electron chi connectivity index (χ2n) is 7.49. The van der Waals surface area contributed by atoms with Crippen molar-refractivity contribution in [1.82, 2.24) is 15.1 Å². The number of rotatable bonds is 6. The van der Waals surface area contributed by atoms with Gasteiger partial charge in [0.2, 0.25) is 11.8 Å². The summed E-state index contributed by atoms with van der Waals surface area (Å²) in [6.07, 6.45) is 8.21. The third-order valence-electron chi connectivity index (χ3n) is 5.54. The number of amides is 4. The number of morpholine rings is 1. The standard InChI is InChI=1S/C19H30N4O4/c24-17-16(14-20-8-5-9-22-10-12-27-13-11-22)18(25)23(19(26)21-17)15-6-3-1-2-4-7-15/h14-16H,1-13H2,(H,21,24,26)/t16-/m1/s1. The summed E-state index contributed by atoms with van der Waals surface area (Å²) in [5, 5.41) is 2.33. The van der Waals surface area contributed by atoms with Crippen LogP contribution in [-0.4, -0.2) is 79.3 Å². The highest BCUT2D eigenvalue weighted by molar-refractivity contribution is 6.23. The summed E-state index contributed by atoms with van der Waals surface area (Å²) in [6, 6.07) is -0.681. The molecule has 0 unspecified atom stereocenters. The molecule has 0 bridgehead atoms. The Morgan fingerprint density at radius 3 is 2.48 bits per heavy atom. The normalized spacial score (nSPS) is 26.4. The fourth-order valence-corrected chi connectivity index (χ4v) is 3.99. The molecule has 4 amide bonds. The van der Waals surface area contributed by atoms with Gasteiger partial charge in [0.15, 0.2) is 5.92 Å². The molecule has 0 radical (unpaired) electrons. The number of barbiturate groups is 1. The second kappa shape index (κ2) is 9.94. The first-order valence-electron chi connectivity index (χ1n) is 10.1. The van der Waals surface area contributed by atoms with Gasteiger partial charge in [0, 0.05) is 38.4 Å². The lowest BCUT2D eigenvalue weighted by Gasteiger charge is -2.34. The Bertz CT molecular complexity index is 566. The van der Waals surface area contributed by atoms with Gasteiger partial charge >= 0.3 is 6.03 Å². The molecular weight excluding hydrogens is 348 g/mol. The van der Waals surface area contributed by atoms with E-state index in [1.165, 1.54) is 11.1 Å². The van der Waals surface area contributed by atoms with E-state index in [1.807, 2.05) is 0 Å². The van der Waals surface area contributed by atoms with Crippen LogP contribution >= 0.6 is 0 Å². The fraction of sp³-hybridized carbons (Fsp3) is 0.789. The van der Waals surface area contributed by atoms with Gasteiger partial charge in [-0.1, -0.05) is 25.7 Å². The van der Waals surface area contributed by atoms with Crippen LogP contribution in [0.5, 0.6) is 0 Å². The van der Waals surface area contributed by atoms with E-state index in [4.69, 9.17) is 4.74 Å². The first-order chi connectivity index (χ1) is 13.2. The summed E-state index contributed by atoms with van der Waals surface area (Å²) < 4.78 is 5.32. The Balaban J connectivity index is 1.52. The van der Waals surface area contributed by atoms with Gasteiger partial charge in [-0.05, 0) is 19.3 Å². The molecule has 0 aromatic carbocycles. The molecule has 2 aliphatic heterocycles. The summed E-state index contributed by atoms with van der Waals surface area (Å²) in [5.74, 6) is -1.98. The molecule has 8 nitrogen and oxygen atoms in total. The smallest absolute Gasteiger partial charge is 0.331 e. The molecule has 0 spiro atoms. The van der Waals surface area contributed by atoms with Gasteiger partial charge in [0.05, 0.1) is 13.2 Å². The first-order valence-corrected chi connectivity index (χ1v) is 10.1. The average molecular weight is 378 g/mol. The molecule has 1 aliphatic carbocycles. The maximum atomic E-state index is 12.8. The maximum absolute atomic E-state index is 12.8. The summed E-state index contributed by atoms with van der Waals surface area (Å²) in [7, 11) is 0. The quantitative estimate of drug-likeness (QED) is 0.325. The minimum absolute atomic E-state index is 0.106. The summed E-state index contributed by atoms with van der Waals surface area (Å²) in [4.78, 5) is 45.1. The van der Waals surface area contributed by atoms with Gasteiger partial charge in [-0.3, -0.25) is 29.7 Å². The van der Waals surface area contributed by atoms with Crippen LogP contribution in [0.4, 0.5) is 4.79 Å². The predicted octanol–water partition coefficient (Wildman–Crippen LogP) is 1.20. The number of nitrogens with one attached hydrogen (secondary N) is 1. The SMILES string of the molecule is O=C1NC(=O)N(C2CCCCCC2)C(=O)[C@@H]1C=NCCCN1CCOCC1. The lowest BCUT2D eigenvalue weighted by Crippen LogP contribution is -2.61. The predicted molar refractivity (Wildman–Crippen MR) is 101 cm³/mol. The van der Waals surface area contributed by atoms with E-state index >= 15 is 0 Å². The molecule has 3 fully saturated rings. The minimum atomic E-state index is -0.991. The molecule has 1 saturated carbocycles. The highest BCUT2D eigenvalue weighted by Crippen LogP contribution is 2.24. The summed E-state index contributed by atoms with van der Waals surface area (Å²) in [5.41, 5.74) is 0. The van der Waals surface area contributed by atoms with Crippen LogP contribution < -0.4 is 5.32 Å². The summed E-state index contributed by atoms with van der Waals surface area (Å²) >= 11 is 0. The largest absolute Gasteiger partial charge is 0.379 e. The van der Waals surface area contributed by atoms with Crippen LogP contribution in [0.1, 0.15) is 44.9 Å². The third kappa shape index (κ3) is 5.35. The Morgan fingerprint density at radius 2 is 1.78 bits per heavy atom. The zero-order valence-corrected chi connectivity index (χ0v) is 15.9. The van der Waals surface area contributed by atoms with Crippen LogP contribution in [0.15, 0.2) is 4.99 Å². The number of hydrogen-bond acceptors (Lipinski definition) is 6. The van der Waals surface area contributed by atoms with Crippen molar-refractivity contribution in [2.75, 3.05) is 39.4 Å². The van der Waals surface area contributed by atoms with Crippen LogP contribution in [0.2, 0.25) is 0 Å². The number of urea groups is 1. The van der Waals surface area contributed by atoms with Crippen molar-refractivity contribution in [2.24, 2.45) is 10.9 Å². The minimum Gasteiger partial charge on any atom is -0.379 e. The molecule has 0 aromatic heterocycles. The second-order valence-corrected chi connectivity index (χ2v) is 7.49. The Kier molecular flexibility index (Phi) is 7.34. The monoisotopic (exact) mass is 378 g/mol. The van der Waals surface area contributed by atoms with Gasteiger partial charge in [-0.2, -0.15) is 0 Å². The van der Waals surface area contributed by atoms with E-state index in [2.05, 4.69) is 15.2 Å². The van der Waals surface area contributed by atoms with E-state index in [1.54, 1.807) is 0 Å². The fourth-order valence-electron chi connectivity index (χ4n) is 3.99. The topological polar surface area (TPSA) is 91.3 Å². The number of ether oxygens (including phenoxy) is 1. The van der Waals surface area contributed by atoms with Gasteiger partial charge < -0.3 is 4.74 Å².